The molecular formula is C9H9F3N2O3. The third kappa shape index (κ3) is 3.31. The zero-order valence-electron chi connectivity index (χ0n) is 8.49. The van der Waals surface area contributed by atoms with E-state index in [4.69, 9.17) is 5.11 Å². The normalized spacial score (nSPS) is 11.3. The summed E-state index contributed by atoms with van der Waals surface area (Å²) in [6.07, 6.45) is 0. The molecule has 8 heteroatoms. The topological polar surface area (TPSA) is 75.4 Å². The maximum absolute atomic E-state index is 13.1. The van der Waals surface area contributed by atoms with Crippen LogP contribution in [0.15, 0.2) is 18.2 Å². The average Bonchev–Trinajstić information content (AvgIpc) is 2.26. The second-order valence-corrected chi connectivity index (χ2v) is 3.26. The van der Waals surface area contributed by atoms with Gasteiger partial charge in [-0.3, -0.25) is 10.1 Å². The summed E-state index contributed by atoms with van der Waals surface area (Å²) >= 11 is 0. The molecular weight excluding hydrogens is 241 g/mol. The Morgan fingerprint density at radius 1 is 1.47 bits per heavy atom. The monoisotopic (exact) mass is 250 g/mol. The van der Waals surface area contributed by atoms with Gasteiger partial charge in [-0.25, -0.2) is 8.78 Å². The van der Waals surface area contributed by atoms with Gasteiger partial charge in [0.15, 0.2) is 0 Å². The van der Waals surface area contributed by atoms with E-state index in [-0.39, 0.29) is 5.69 Å². The van der Waals surface area contributed by atoms with Crippen LogP contribution in [0.2, 0.25) is 0 Å². The summed E-state index contributed by atoms with van der Waals surface area (Å²) in [6.45, 7) is -2.42. The lowest BCUT2D eigenvalue weighted by atomic mass is 10.2. The van der Waals surface area contributed by atoms with Crippen molar-refractivity contribution in [3.8, 4) is 0 Å². The summed E-state index contributed by atoms with van der Waals surface area (Å²) in [7, 11) is 0. The van der Waals surface area contributed by atoms with Crippen LogP contribution in [0.5, 0.6) is 0 Å². The van der Waals surface area contributed by atoms with E-state index in [0.717, 1.165) is 18.2 Å². The van der Waals surface area contributed by atoms with Gasteiger partial charge in [0.05, 0.1) is 11.5 Å². The van der Waals surface area contributed by atoms with Gasteiger partial charge in [-0.15, -0.1) is 0 Å². The number of hydrogen-bond acceptors (Lipinski definition) is 4. The van der Waals surface area contributed by atoms with Gasteiger partial charge in [-0.05, 0) is 12.1 Å². The molecule has 1 aromatic rings. The molecule has 0 saturated heterocycles. The van der Waals surface area contributed by atoms with Crippen molar-refractivity contribution < 1.29 is 23.2 Å². The van der Waals surface area contributed by atoms with Crippen molar-refractivity contribution in [3.05, 3.63) is 34.1 Å². The molecule has 0 bridgehead atoms. The molecule has 94 valence electrons. The molecule has 0 saturated carbocycles. The van der Waals surface area contributed by atoms with E-state index < -0.39 is 35.5 Å². The Balaban J connectivity index is 2.92. The van der Waals surface area contributed by atoms with Crippen molar-refractivity contribution in [2.75, 3.05) is 18.5 Å². The average molecular weight is 250 g/mol. The van der Waals surface area contributed by atoms with Crippen molar-refractivity contribution in [3.63, 3.8) is 0 Å². The third-order valence-electron chi connectivity index (χ3n) is 1.94. The molecule has 0 aliphatic rings. The fourth-order valence-electron chi connectivity index (χ4n) is 1.12. The summed E-state index contributed by atoms with van der Waals surface area (Å²) in [6, 6.07) is 3.12. The number of alkyl halides is 2. The molecule has 0 aliphatic heterocycles. The predicted molar refractivity (Wildman–Crippen MR) is 53.6 cm³/mol. The lowest BCUT2D eigenvalue weighted by Gasteiger charge is -2.14. The lowest BCUT2D eigenvalue weighted by Crippen LogP contribution is -2.31. The summed E-state index contributed by atoms with van der Waals surface area (Å²) in [5, 5.41) is 20.9. The van der Waals surface area contributed by atoms with E-state index in [1.165, 1.54) is 0 Å². The van der Waals surface area contributed by atoms with E-state index in [9.17, 15) is 23.3 Å². The number of nitrogens with zero attached hydrogens (tertiary/aromatic N) is 1. The highest BCUT2D eigenvalue weighted by molar-refractivity contribution is 5.62. The molecule has 2 N–H and O–H groups in total. The second kappa shape index (κ2) is 5.00. The zero-order chi connectivity index (χ0) is 13.1. The highest BCUT2D eigenvalue weighted by atomic mass is 19.3. The van der Waals surface area contributed by atoms with Gasteiger partial charge < -0.3 is 10.4 Å². The van der Waals surface area contributed by atoms with Crippen LogP contribution >= 0.6 is 0 Å². The minimum atomic E-state index is -3.43. The van der Waals surface area contributed by atoms with Crippen LogP contribution in [0.3, 0.4) is 0 Å². The van der Waals surface area contributed by atoms with Crippen LogP contribution in [0.1, 0.15) is 0 Å². The number of benzene rings is 1. The summed E-state index contributed by atoms with van der Waals surface area (Å²) < 4.78 is 38.5. The smallest absolute Gasteiger partial charge is 0.327 e. The van der Waals surface area contributed by atoms with Gasteiger partial charge in [-0.2, -0.15) is 4.39 Å². The quantitative estimate of drug-likeness (QED) is 0.617. The fraction of sp³-hybridized carbons (Fsp3) is 0.333. The molecule has 0 aromatic heterocycles. The van der Waals surface area contributed by atoms with E-state index in [2.05, 4.69) is 0 Å². The van der Waals surface area contributed by atoms with E-state index in [1.54, 1.807) is 0 Å². The Hall–Kier alpha value is -1.83. The summed E-state index contributed by atoms with van der Waals surface area (Å²) in [5.41, 5.74) is -1.26. The Morgan fingerprint density at radius 3 is 2.65 bits per heavy atom. The van der Waals surface area contributed by atoms with Crippen LogP contribution in [-0.2, 0) is 0 Å². The van der Waals surface area contributed by atoms with Gasteiger partial charge in [-0.1, -0.05) is 6.07 Å². The number of nitrogens with one attached hydrogen (secondary N) is 1. The lowest BCUT2D eigenvalue weighted by molar-refractivity contribution is -0.386. The van der Waals surface area contributed by atoms with E-state index in [1.807, 2.05) is 5.32 Å². The largest absolute Gasteiger partial charge is 0.390 e. The van der Waals surface area contributed by atoms with Crippen molar-refractivity contribution in [2.45, 2.75) is 5.92 Å². The molecule has 0 atom stereocenters. The molecule has 0 radical (unpaired) electrons. The molecule has 1 rings (SSSR count). The first-order valence-electron chi connectivity index (χ1n) is 4.53. The van der Waals surface area contributed by atoms with Crippen LogP contribution in [0.25, 0.3) is 0 Å². The number of para-hydroxylation sites is 1. The van der Waals surface area contributed by atoms with Crippen molar-refractivity contribution >= 4 is 11.4 Å². The Bertz CT molecular complexity index is 426. The number of hydrogen-bond donors (Lipinski definition) is 2. The van der Waals surface area contributed by atoms with Gasteiger partial charge in [0.1, 0.15) is 12.3 Å². The van der Waals surface area contributed by atoms with Crippen molar-refractivity contribution in [1.82, 2.24) is 0 Å². The number of halogens is 3. The predicted octanol–water partition coefficient (Wildman–Crippen LogP) is 1.77. The number of aliphatic hydroxyl groups excluding tert-OH is 1. The molecule has 0 unspecified atom stereocenters. The van der Waals surface area contributed by atoms with Crippen molar-refractivity contribution in [1.29, 1.82) is 0 Å². The number of rotatable bonds is 5. The Morgan fingerprint density at radius 2 is 2.12 bits per heavy atom. The fourth-order valence-corrected chi connectivity index (χ4v) is 1.12. The molecule has 17 heavy (non-hydrogen) atoms. The van der Waals surface area contributed by atoms with Crippen molar-refractivity contribution in [2.24, 2.45) is 0 Å². The first-order valence-corrected chi connectivity index (χ1v) is 4.53. The molecule has 0 aliphatic carbocycles. The van der Waals surface area contributed by atoms with Gasteiger partial charge >= 0.3 is 5.69 Å². The minimum absolute atomic E-state index is 0.358. The number of anilines is 1. The van der Waals surface area contributed by atoms with Gasteiger partial charge in [0.25, 0.3) is 5.92 Å². The number of aliphatic hydroxyl groups is 1. The zero-order valence-corrected chi connectivity index (χ0v) is 8.49. The van der Waals surface area contributed by atoms with Crippen LogP contribution in [0, 0.1) is 15.9 Å². The number of nitro groups is 1. The highest BCUT2D eigenvalue weighted by Gasteiger charge is 2.29. The Labute approximate surface area is 94.0 Å². The molecule has 5 nitrogen and oxygen atoms in total. The summed E-state index contributed by atoms with van der Waals surface area (Å²) in [4.78, 5) is 9.52. The molecule has 0 amide bonds. The molecule has 1 aromatic carbocycles. The van der Waals surface area contributed by atoms with E-state index in [0.29, 0.717) is 0 Å². The SMILES string of the molecule is O=[N+]([O-])c1c(F)cccc1NCC(F)(F)CO. The molecule has 0 heterocycles. The molecule has 0 fully saturated rings. The van der Waals surface area contributed by atoms with Crippen LogP contribution < -0.4 is 5.32 Å². The van der Waals surface area contributed by atoms with Crippen LogP contribution in [0.4, 0.5) is 24.5 Å². The number of nitro benzene ring substituents is 1. The Kier molecular flexibility index (Phi) is 3.89. The van der Waals surface area contributed by atoms with Crippen LogP contribution in [-0.4, -0.2) is 29.1 Å². The first-order chi connectivity index (χ1) is 7.87. The maximum atomic E-state index is 13.1. The van der Waals surface area contributed by atoms with E-state index >= 15 is 0 Å². The summed E-state index contributed by atoms with van der Waals surface area (Å²) in [5.74, 6) is -4.55. The standard InChI is InChI=1S/C9H9F3N2O3/c10-6-2-1-3-7(8(6)14(16)17)13-4-9(11,12)5-15/h1-3,13,15H,4-5H2. The minimum Gasteiger partial charge on any atom is -0.390 e. The maximum Gasteiger partial charge on any atom is 0.327 e. The second-order valence-electron chi connectivity index (χ2n) is 3.26. The molecule has 0 spiro atoms. The van der Waals surface area contributed by atoms with Gasteiger partial charge in [0, 0.05) is 0 Å². The third-order valence-corrected chi connectivity index (χ3v) is 1.94. The van der Waals surface area contributed by atoms with Gasteiger partial charge in [0.2, 0.25) is 5.82 Å². The highest BCUT2D eigenvalue weighted by Crippen LogP contribution is 2.28. The first kappa shape index (κ1) is 13.2.